The van der Waals surface area contributed by atoms with Crippen LogP contribution in [0.2, 0.25) is 0 Å². The van der Waals surface area contributed by atoms with E-state index in [0.717, 1.165) is 32.5 Å². The quantitative estimate of drug-likeness (QED) is 0.387. The molecule has 0 aliphatic carbocycles. The first-order chi connectivity index (χ1) is 6.74. The molecule has 1 rings (SSSR count). The summed E-state index contributed by atoms with van der Waals surface area (Å²) in [6, 6.07) is 0.145. The third kappa shape index (κ3) is 2.40. The number of carbonyl (C=O) groups excluding carboxylic acids is 1. The maximum absolute atomic E-state index is 11.6. The van der Waals surface area contributed by atoms with Crippen LogP contribution in [0, 0.1) is 0 Å². The maximum atomic E-state index is 11.6. The predicted octanol–water partition coefficient (Wildman–Crippen LogP) is 0.933. The van der Waals surface area contributed by atoms with Crippen LogP contribution in [0.25, 0.3) is 0 Å². The second-order valence-corrected chi connectivity index (χ2v) is 3.99. The molecule has 1 fully saturated rings. The van der Waals surface area contributed by atoms with Gasteiger partial charge in [0.25, 0.3) is 0 Å². The average molecular weight is 215 g/mol. The van der Waals surface area contributed by atoms with Crippen molar-refractivity contribution in [2.45, 2.75) is 32.7 Å². The highest BCUT2D eigenvalue weighted by Crippen LogP contribution is 2.13. The van der Waals surface area contributed by atoms with E-state index in [1.54, 1.807) is 10.5 Å². The van der Waals surface area contributed by atoms with Crippen molar-refractivity contribution in [2.75, 3.05) is 19.6 Å². The Morgan fingerprint density at radius 3 is 2.43 bits per heavy atom. The number of hydrogen-bond acceptors (Lipinski definition) is 2. The molecule has 1 heterocycles. The number of carbonyl (C=O) groups is 1. The van der Waals surface area contributed by atoms with Crippen LogP contribution in [-0.2, 0) is 4.79 Å². The van der Waals surface area contributed by atoms with Gasteiger partial charge in [0.1, 0.15) is 0 Å². The number of rotatable bonds is 5. The molecule has 0 N–H and O–H groups in total. The Morgan fingerprint density at radius 1 is 1.50 bits per heavy atom. The molecule has 14 heavy (non-hydrogen) atoms. The lowest BCUT2D eigenvalue weighted by molar-refractivity contribution is -0.496. The molecule has 0 radical (unpaired) electrons. The van der Waals surface area contributed by atoms with Gasteiger partial charge >= 0.3 is 5.91 Å². The number of nitrogens with zero attached hydrogens (tertiary/aromatic N) is 2. The van der Waals surface area contributed by atoms with Gasteiger partial charge < -0.3 is 0 Å². The van der Waals surface area contributed by atoms with Crippen LogP contribution in [0.3, 0.4) is 0 Å². The normalized spacial score (nSPS) is 24.4. The summed E-state index contributed by atoms with van der Waals surface area (Å²) in [6.45, 7) is 7.25. The summed E-state index contributed by atoms with van der Waals surface area (Å²) in [7, 11) is 2.48. The van der Waals surface area contributed by atoms with E-state index < -0.39 is 0 Å². The zero-order valence-electron chi connectivity index (χ0n) is 9.07. The second kappa shape index (κ2) is 5.57. The SMILES string of the molecule is CCCN(CCC)C1C[N+](=CP)C1=O. The van der Waals surface area contributed by atoms with Crippen molar-refractivity contribution in [3.05, 3.63) is 0 Å². The fourth-order valence-electron chi connectivity index (χ4n) is 1.84. The van der Waals surface area contributed by atoms with E-state index in [1.165, 1.54) is 0 Å². The van der Waals surface area contributed by atoms with Gasteiger partial charge in [0.05, 0.1) is 0 Å². The summed E-state index contributed by atoms with van der Waals surface area (Å²) in [5, 5.41) is 0. The van der Waals surface area contributed by atoms with Crippen LogP contribution >= 0.6 is 9.24 Å². The Bertz CT molecular complexity index is 234. The Labute approximate surface area is 88.4 Å². The fourth-order valence-corrected chi connectivity index (χ4v) is 2.11. The zero-order valence-corrected chi connectivity index (χ0v) is 10.2. The minimum absolute atomic E-state index is 0.145. The van der Waals surface area contributed by atoms with Crippen molar-refractivity contribution in [1.82, 2.24) is 4.90 Å². The Kier molecular flexibility index (Phi) is 4.70. The van der Waals surface area contributed by atoms with Crippen molar-refractivity contribution in [2.24, 2.45) is 0 Å². The van der Waals surface area contributed by atoms with Gasteiger partial charge in [0.2, 0.25) is 0 Å². The molecule has 0 aromatic rings. The van der Waals surface area contributed by atoms with Gasteiger partial charge in [-0.3, -0.25) is 4.90 Å². The molecule has 1 saturated heterocycles. The highest BCUT2D eigenvalue weighted by atomic mass is 31.0. The lowest BCUT2D eigenvalue weighted by Gasteiger charge is -2.31. The zero-order chi connectivity index (χ0) is 10.6. The van der Waals surface area contributed by atoms with Gasteiger partial charge in [-0.1, -0.05) is 13.8 Å². The van der Waals surface area contributed by atoms with Crippen molar-refractivity contribution in [3.63, 3.8) is 0 Å². The van der Waals surface area contributed by atoms with Gasteiger partial charge in [-0.25, -0.2) is 4.79 Å². The number of amides is 1. The minimum atomic E-state index is 0.145. The molecule has 0 bridgehead atoms. The molecule has 0 saturated carbocycles. The van der Waals surface area contributed by atoms with Crippen LogP contribution < -0.4 is 0 Å². The van der Waals surface area contributed by atoms with E-state index in [-0.39, 0.29) is 11.9 Å². The summed E-state index contributed by atoms with van der Waals surface area (Å²) in [6.07, 6.45) is 2.24. The fraction of sp³-hybridized carbons (Fsp3) is 0.800. The minimum Gasteiger partial charge on any atom is -0.283 e. The van der Waals surface area contributed by atoms with Crippen LogP contribution in [-0.4, -0.2) is 47.0 Å². The molecule has 4 heteroatoms. The predicted molar refractivity (Wildman–Crippen MR) is 61.9 cm³/mol. The molecule has 2 unspecified atom stereocenters. The molecular formula is C10H20N2OP+. The van der Waals surface area contributed by atoms with E-state index in [1.807, 2.05) is 0 Å². The Balaban J connectivity index is 2.50. The summed E-state index contributed by atoms with van der Waals surface area (Å²) < 4.78 is 1.76. The van der Waals surface area contributed by atoms with E-state index in [9.17, 15) is 4.79 Å². The van der Waals surface area contributed by atoms with Crippen molar-refractivity contribution >= 4 is 21.1 Å². The van der Waals surface area contributed by atoms with Gasteiger partial charge in [-0.05, 0) is 35.2 Å². The third-order valence-electron chi connectivity index (χ3n) is 2.58. The largest absolute Gasteiger partial charge is 0.410 e. The Morgan fingerprint density at radius 2 is 2.07 bits per heavy atom. The molecule has 1 amide bonds. The van der Waals surface area contributed by atoms with E-state index in [0.29, 0.717) is 0 Å². The van der Waals surface area contributed by atoms with Gasteiger partial charge in [-0.2, -0.15) is 4.58 Å². The Hall–Kier alpha value is -0.270. The molecule has 3 nitrogen and oxygen atoms in total. The molecule has 0 aromatic carbocycles. The smallest absolute Gasteiger partial charge is 0.283 e. The van der Waals surface area contributed by atoms with Crippen molar-refractivity contribution < 1.29 is 9.37 Å². The van der Waals surface area contributed by atoms with Crippen molar-refractivity contribution in [1.29, 1.82) is 0 Å². The topological polar surface area (TPSA) is 23.3 Å². The molecule has 1 aliphatic heterocycles. The summed E-state index contributed by atoms with van der Waals surface area (Å²) in [5.41, 5.74) is 0. The summed E-state index contributed by atoms with van der Waals surface area (Å²) in [5.74, 6) is 2.04. The number of hydrogen-bond donors (Lipinski definition) is 0. The lowest BCUT2D eigenvalue weighted by atomic mass is 10.1. The van der Waals surface area contributed by atoms with E-state index >= 15 is 0 Å². The van der Waals surface area contributed by atoms with Gasteiger partial charge in [0.15, 0.2) is 18.5 Å². The first-order valence-corrected chi connectivity index (χ1v) is 6.00. The highest BCUT2D eigenvalue weighted by Gasteiger charge is 2.46. The lowest BCUT2D eigenvalue weighted by Crippen LogP contribution is -2.60. The summed E-state index contributed by atoms with van der Waals surface area (Å²) in [4.78, 5) is 13.9. The third-order valence-corrected chi connectivity index (χ3v) is 2.94. The maximum Gasteiger partial charge on any atom is 0.410 e. The van der Waals surface area contributed by atoms with Crippen LogP contribution in [0.4, 0.5) is 0 Å². The molecule has 0 aromatic heterocycles. The summed E-state index contributed by atoms with van der Waals surface area (Å²) >= 11 is 0. The standard InChI is InChI=1S/C10H20N2OP/c1-3-5-11(6-4-2)9-7-12(8-14)10(9)13/h8-9H,3-7,14H2,1-2H3/q+1. The van der Waals surface area contributed by atoms with E-state index in [2.05, 4.69) is 28.0 Å². The van der Waals surface area contributed by atoms with Crippen LogP contribution in [0.1, 0.15) is 26.7 Å². The molecule has 2 atom stereocenters. The monoisotopic (exact) mass is 215 g/mol. The van der Waals surface area contributed by atoms with E-state index in [4.69, 9.17) is 0 Å². The van der Waals surface area contributed by atoms with Gasteiger partial charge in [0, 0.05) is 0 Å². The first-order valence-electron chi connectivity index (χ1n) is 5.34. The molecular weight excluding hydrogens is 195 g/mol. The molecule has 80 valence electrons. The van der Waals surface area contributed by atoms with Crippen LogP contribution in [0.15, 0.2) is 0 Å². The molecule has 0 spiro atoms. The first kappa shape index (κ1) is 11.8. The molecule has 1 aliphatic rings. The highest BCUT2D eigenvalue weighted by molar-refractivity contribution is 7.36. The van der Waals surface area contributed by atoms with Crippen LogP contribution in [0.5, 0.6) is 0 Å². The average Bonchev–Trinajstić information content (AvgIpc) is 2.17. The second-order valence-electron chi connectivity index (χ2n) is 3.69. The van der Waals surface area contributed by atoms with Crippen molar-refractivity contribution in [3.8, 4) is 0 Å². The number of β-lactam (4-membered cyclic amide) rings is 1. The van der Waals surface area contributed by atoms with Gasteiger partial charge in [-0.15, -0.1) is 0 Å².